The van der Waals surface area contributed by atoms with Gasteiger partial charge in [0.05, 0.1) is 12.4 Å². The number of unbranched alkanes of at least 4 members (excludes halogenated alkanes) is 3. The number of halogens is 2. The predicted molar refractivity (Wildman–Crippen MR) is 122 cm³/mol. The number of benzene rings is 1. The van der Waals surface area contributed by atoms with Crippen LogP contribution in [0.15, 0.2) is 47.7 Å². The Hall–Kier alpha value is -3.54. The van der Waals surface area contributed by atoms with E-state index in [9.17, 15) is 13.6 Å². The lowest BCUT2D eigenvalue weighted by Crippen LogP contribution is -2.28. The summed E-state index contributed by atoms with van der Waals surface area (Å²) in [6.07, 6.45) is 9.49. The number of nitrogens with one attached hydrogen (secondary N) is 2. The van der Waals surface area contributed by atoms with E-state index in [0.717, 1.165) is 69.6 Å². The van der Waals surface area contributed by atoms with Gasteiger partial charge in [-0.2, -0.15) is 5.26 Å². The molecule has 3 rings (SSSR count). The highest BCUT2D eigenvalue weighted by molar-refractivity contribution is 5.95. The van der Waals surface area contributed by atoms with Gasteiger partial charge in [-0.05, 0) is 37.3 Å². The Morgan fingerprint density at radius 2 is 1.88 bits per heavy atom. The van der Waals surface area contributed by atoms with E-state index in [0.29, 0.717) is 12.5 Å². The summed E-state index contributed by atoms with van der Waals surface area (Å²) >= 11 is 0. The van der Waals surface area contributed by atoms with E-state index in [1.54, 1.807) is 6.19 Å². The number of likely N-dealkylation sites (tertiary alicyclic amines) is 1. The molecule has 1 unspecified atom stereocenters. The lowest BCUT2D eigenvalue weighted by Gasteiger charge is -2.16. The van der Waals surface area contributed by atoms with Crippen LogP contribution in [0.4, 0.5) is 14.5 Å². The van der Waals surface area contributed by atoms with Gasteiger partial charge in [0.1, 0.15) is 5.69 Å². The number of carbonyl (C=O) groups excluding carboxylic acids is 1. The summed E-state index contributed by atoms with van der Waals surface area (Å²) in [5, 5.41) is 13.6. The van der Waals surface area contributed by atoms with Crippen LogP contribution in [0, 0.1) is 29.0 Å². The molecular weight excluding hydrogens is 426 g/mol. The van der Waals surface area contributed by atoms with Crippen LogP contribution < -0.4 is 10.6 Å². The third-order valence-electron chi connectivity index (χ3n) is 5.66. The number of hydrogen-bond donors (Lipinski definition) is 2. The fraction of sp³-hybridized carbons (Fsp3) is 0.417. The van der Waals surface area contributed by atoms with Crippen LogP contribution >= 0.6 is 0 Å². The Morgan fingerprint density at radius 1 is 1.15 bits per heavy atom. The molecule has 1 saturated heterocycles. The number of amides is 1. The van der Waals surface area contributed by atoms with Gasteiger partial charge in [0, 0.05) is 25.2 Å². The molecular formula is C24H28F2N6O. The molecule has 33 heavy (non-hydrogen) atoms. The van der Waals surface area contributed by atoms with E-state index in [1.165, 1.54) is 0 Å². The third kappa shape index (κ3) is 7.24. The summed E-state index contributed by atoms with van der Waals surface area (Å²) in [7, 11) is 0. The molecule has 2 aromatic rings. The van der Waals surface area contributed by atoms with E-state index in [-0.39, 0.29) is 11.9 Å². The van der Waals surface area contributed by atoms with Crippen LogP contribution in [0.25, 0.3) is 0 Å². The lowest BCUT2D eigenvalue weighted by molar-refractivity contribution is 0.0786. The molecule has 9 heteroatoms. The zero-order chi connectivity index (χ0) is 23.5. The summed E-state index contributed by atoms with van der Waals surface area (Å²) in [6, 6.07) is 9.39. The van der Waals surface area contributed by atoms with Crippen LogP contribution in [0.2, 0.25) is 0 Å². The largest absolute Gasteiger partial charge is 0.338 e. The second-order valence-corrected chi connectivity index (χ2v) is 8.05. The van der Waals surface area contributed by atoms with Gasteiger partial charge in [0.15, 0.2) is 17.8 Å². The van der Waals surface area contributed by atoms with E-state index in [1.807, 2.05) is 35.2 Å². The number of pyridine rings is 1. The first-order chi connectivity index (χ1) is 16.1. The fourth-order valence-electron chi connectivity index (χ4n) is 3.92. The highest BCUT2D eigenvalue weighted by Crippen LogP contribution is 2.24. The van der Waals surface area contributed by atoms with Crippen molar-refractivity contribution in [3.05, 3.63) is 59.9 Å². The van der Waals surface area contributed by atoms with E-state index in [4.69, 9.17) is 5.26 Å². The standard InChI is InChI=1S/C24H28F2N6O/c25-20-14-28-15-21(26)22(20)31-24(30-17-27)29-12-7-2-1-4-8-18-11-13-32(16-18)23(33)19-9-5-3-6-10-19/h3,5-6,9-10,14-15,18H,1-2,4,7-8,11-13,16H2,(H2,28,29,30,31). The molecule has 1 aliphatic heterocycles. The van der Waals surface area contributed by atoms with Crippen LogP contribution in [0.1, 0.15) is 48.9 Å². The quantitative estimate of drug-likeness (QED) is 0.194. The van der Waals surface area contributed by atoms with E-state index in [2.05, 4.69) is 20.6 Å². The predicted octanol–water partition coefficient (Wildman–Crippen LogP) is 4.31. The number of aromatic nitrogens is 1. The number of nitrogens with zero attached hydrogens (tertiary/aromatic N) is 4. The van der Waals surface area contributed by atoms with E-state index >= 15 is 0 Å². The highest BCUT2D eigenvalue weighted by Gasteiger charge is 2.26. The molecule has 0 aliphatic carbocycles. The topological polar surface area (TPSA) is 93.4 Å². The normalized spacial score (nSPS) is 15.8. The smallest absolute Gasteiger partial charge is 0.253 e. The Labute approximate surface area is 192 Å². The molecule has 1 aromatic carbocycles. The number of anilines is 1. The highest BCUT2D eigenvalue weighted by atomic mass is 19.1. The van der Waals surface area contributed by atoms with Crippen LogP contribution in [-0.2, 0) is 0 Å². The van der Waals surface area contributed by atoms with Gasteiger partial charge in [0.2, 0.25) is 5.96 Å². The molecule has 1 atom stereocenters. The van der Waals surface area contributed by atoms with E-state index < -0.39 is 17.3 Å². The maximum absolute atomic E-state index is 13.7. The second-order valence-electron chi connectivity index (χ2n) is 8.05. The minimum atomic E-state index is -0.863. The fourth-order valence-corrected chi connectivity index (χ4v) is 3.92. The number of aliphatic imine (C=N–C) groups is 1. The first-order valence-corrected chi connectivity index (χ1v) is 11.2. The first kappa shape index (κ1) is 24.1. The van der Waals surface area contributed by atoms with Crippen molar-refractivity contribution in [2.75, 3.05) is 25.0 Å². The molecule has 1 amide bonds. The first-order valence-electron chi connectivity index (χ1n) is 11.2. The third-order valence-corrected chi connectivity index (χ3v) is 5.66. The number of hydrogen-bond acceptors (Lipinski definition) is 4. The van der Waals surface area contributed by atoms with Gasteiger partial charge < -0.3 is 10.2 Å². The van der Waals surface area contributed by atoms with Gasteiger partial charge in [-0.15, -0.1) is 0 Å². The monoisotopic (exact) mass is 454 g/mol. The molecule has 1 aromatic heterocycles. The van der Waals surface area contributed by atoms with Gasteiger partial charge in [-0.1, -0.05) is 37.5 Å². The summed E-state index contributed by atoms with van der Waals surface area (Å²) in [6.45, 7) is 2.05. The maximum Gasteiger partial charge on any atom is 0.253 e. The average molecular weight is 455 g/mol. The second kappa shape index (κ2) is 12.5. The Morgan fingerprint density at radius 3 is 2.61 bits per heavy atom. The Balaban J connectivity index is 1.33. The van der Waals surface area contributed by atoms with Gasteiger partial charge in [-0.3, -0.25) is 20.1 Å². The molecule has 0 saturated carbocycles. The zero-order valence-electron chi connectivity index (χ0n) is 18.4. The number of guanidine groups is 1. The van der Waals surface area contributed by atoms with Gasteiger partial charge in [0.25, 0.3) is 5.91 Å². The van der Waals surface area contributed by atoms with Crippen LogP contribution in [-0.4, -0.2) is 41.4 Å². The molecule has 1 fully saturated rings. The van der Waals surface area contributed by atoms with Crippen molar-refractivity contribution in [3.8, 4) is 6.19 Å². The number of carbonyl (C=O) groups is 1. The Bertz CT molecular complexity index is 972. The van der Waals surface area contributed by atoms with Gasteiger partial charge in [-0.25, -0.2) is 8.78 Å². The zero-order valence-corrected chi connectivity index (χ0v) is 18.4. The number of nitriles is 1. The summed E-state index contributed by atoms with van der Waals surface area (Å²) in [5.41, 5.74) is 0.343. The van der Waals surface area contributed by atoms with Crippen LogP contribution in [0.5, 0.6) is 0 Å². The number of rotatable bonds is 9. The lowest BCUT2D eigenvalue weighted by atomic mass is 10.00. The molecule has 0 bridgehead atoms. The van der Waals surface area contributed by atoms with Crippen molar-refractivity contribution in [2.24, 2.45) is 10.9 Å². The van der Waals surface area contributed by atoms with Crippen molar-refractivity contribution in [1.82, 2.24) is 15.2 Å². The molecule has 2 heterocycles. The minimum Gasteiger partial charge on any atom is -0.338 e. The van der Waals surface area contributed by atoms with Crippen molar-refractivity contribution < 1.29 is 13.6 Å². The summed E-state index contributed by atoms with van der Waals surface area (Å²) in [5.74, 6) is -1.08. The minimum absolute atomic E-state index is 0.00405. The van der Waals surface area contributed by atoms with Crippen LogP contribution in [0.3, 0.4) is 0 Å². The molecule has 0 radical (unpaired) electrons. The summed E-state index contributed by atoms with van der Waals surface area (Å²) < 4.78 is 27.4. The molecule has 2 N–H and O–H groups in total. The van der Waals surface area contributed by atoms with Crippen molar-refractivity contribution >= 4 is 17.6 Å². The maximum atomic E-state index is 13.7. The Kier molecular flexibility index (Phi) is 9.12. The van der Waals surface area contributed by atoms with Crippen molar-refractivity contribution in [3.63, 3.8) is 0 Å². The molecule has 7 nitrogen and oxygen atoms in total. The van der Waals surface area contributed by atoms with Gasteiger partial charge >= 0.3 is 0 Å². The van der Waals surface area contributed by atoms with Crippen molar-refractivity contribution in [2.45, 2.75) is 38.5 Å². The van der Waals surface area contributed by atoms with Crippen molar-refractivity contribution in [1.29, 1.82) is 5.26 Å². The molecule has 1 aliphatic rings. The summed E-state index contributed by atoms with van der Waals surface area (Å²) in [4.78, 5) is 22.1. The SMILES string of the molecule is N#CNC(=NCCCCCCC1CCN(C(=O)c2ccccc2)C1)Nc1c(F)cncc1F. The molecule has 174 valence electrons. The molecule has 0 spiro atoms. The average Bonchev–Trinajstić information content (AvgIpc) is 3.30.